The average Bonchev–Trinajstić information content (AvgIpc) is 2.56. The van der Waals surface area contributed by atoms with Crippen LogP contribution in [0.3, 0.4) is 0 Å². The fourth-order valence-electron chi connectivity index (χ4n) is 3.03. The lowest BCUT2D eigenvalue weighted by atomic mass is 9.87. The normalized spacial score (nSPS) is 11.2. The van der Waals surface area contributed by atoms with Gasteiger partial charge in [-0.05, 0) is 6.07 Å². The predicted octanol–water partition coefficient (Wildman–Crippen LogP) is -3.02. The molecule has 2 aromatic rings. The van der Waals surface area contributed by atoms with E-state index in [4.69, 9.17) is 33.8 Å². The van der Waals surface area contributed by atoms with Gasteiger partial charge in [-0.3, -0.25) is 24.0 Å². The van der Waals surface area contributed by atoms with Gasteiger partial charge in [0.15, 0.2) is 0 Å². The Morgan fingerprint density at radius 1 is 0.621 bits per heavy atom. The number of primary amides is 5. The fraction of sp³-hybridized carbons (Fsp3) is 0. The van der Waals surface area contributed by atoms with Crippen molar-refractivity contribution in [2.45, 2.75) is 4.90 Å². The monoisotopic (exact) mass is 422 g/mol. The molecule has 0 unspecified atom stereocenters. The second-order valence-corrected chi connectivity index (χ2v) is 7.23. The van der Waals surface area contributed by atoms with Gasteiger partial charge in [0, 0.05) is 10.8 Å². The molecule has 0 aliphatic heterocycles. The molecule has 0 atom stereocenters. The Balaban J connectivity index is 3.56. The lowest BCUT2D eigenvalue weighted by molar-refractivity contribution is 0.0952. The van der Waals surface area contributed by atoms with Crippen LogP contribution in [-0.4, -0.2) is 38.0 Å². The van der Waals surface area contributed by atoms with Crippen LogP contribution in [0, 0.1) is 0 Å². The summed E-state index contributed by atoms with van der Waals surface area (Å²) >= 11 is 0. The maximum Gasteiger partial charge on any atom is 0.250 e. The number of hydrogen-bond donors (Lipinski definition) is 6. The van der Waals surface area contributed by atoms with E-state index in [-0.39, 0.29) is 0 Å². The SMILES string of the molecule is NC(=O)c1ccc2c(S(N)(=O)=O)c(C(N)=O)c(C(N)=O)c(C(N)=O)c2c1C(N)=O. The van der Waals surface area contributed by atoms with Crippen molar-refractivity contribution in [2.24, 2.45) is 33.8 Å². The molecule has 14 heteroatoms. The van der Waals surface area contributed by atoms with Crippen molar-refractivity contribution in [2.75, 3.05) is 0 Å². The summed E-state index contributed by atoms with van der Waals surface area (Å²) in [5.74, 6) is -6.87. The first-order valence-corrected chi connectivity index (χ1v) is 8.94. The minimum absolute atomic E-state index is 0.518. The minimum Gasteiger partial charge on any atom is -0.366 e. The number of fused-ring (bicyclic) bond motifs is 1. The van der Waals surface area contributed by atoms with Gasteiger partial charge in [0.05, 0.1) is 27.8 Å². The highest BCUT2D eigenvalue weighted by atomic mass is 32.2. The van der Waals surface area contributed by atoms with Crippen LogP contribution in [0.15, 0.2) is 17.0 Å². The molecule has 0 saturated carbocycles. The van der Waals surface area contributed by atoms with Crippen LogP contribution in [-0.2, 0) is 10.0 Å². The zero-order valence-electron chi connectivity index (χ0n) is 14.4. The summed E-state index contributed by atoms with van der Waals surface area (Å²) < 4.78 is 24.4. The Hall–Kier alpha value is -4.04. The van der Waals surface area contributed by atoms with Crippen LogP contribution in [0.1, 0.15) is 51.8 Å². The zero-order valence-corrected chi connectivity index (χ0v) is 15.2. The Kier molecular flexibility index (Phi) is 5.02. The number of carbonyl (C=O) groups is 5. The number of carbonyl (C=O) groups excluding carboxylic acids is 5. The van der Waals surface area contributed by atoms with Crippen LogP contribution in [0.5, 0.6) is 0 Å². The van der Waals surface area contributed by atoms with Crippen LogP contribution >= 0.6 is 0 Å². The lowest BCUT2D eigenvalue weighted by Gasteiger charge is -2.19. The Labute approximate surface area is 162 Å². The molecule has 0 bridgehead atoms. The third-order valence-corrected chi connectivity index (χ3v) is 4.96. The Bertz CT molecular complexity index is 1270. The van der Waals surface area contributed by atoms with Crippen molar-refractivity contribution in [3.63, 3.8) is 0 Å². The van der Waals surface area contributed by atoms with E-state index in [9.17, 15) is 32.4 Å². The predicted molar refractivity (Wildman–Crippen MR) is 97.9 cm³/mol. The molecule has 2 rings (SSSR count). The Morgan fingerprint density at radius 2 is 1.07 bits per heavy atom. The molecule has 0 spiro atoms. The van der Waals surface area contributed by atoms with Crippen molar-refractivity contribution in [3.05, 3.63) is 39.9 Å². The van der Waals surface area contributed by atoms with E-state index in [1.165, 1.54) is 0 Å². The number of rotatable bonds is 6. The van der Waals surface area contributed by atoms with Gasteiger partial charge in [0.1, 0.15) is 4.90 Å². The molecule has 0 aliphatic rings. The first kappa shape index (κ1) is 21.3. The second-order valence-electron chi connectivity index (χ2n) is 5.73. The van der Waals surface area contributed by atoms with E-state index >= 15 is 0 Å². The second kappa shape index (κ2) is 6.84. The highest BCUT2D eigenvalue weighted by Gasteiger charge is 2.35. The summed E-state index contributed by atoms with van der Waals surface area (Å²) in [6.45, 7) is 0. The van der Waals surface area contributed by atoms with Crippen LogP contribution in [0.2, 0.25) is 0 Å². The van der Waals surface area contributed by atoms with Gasteiger partial charge in [0.2, 0.25) is 33.7 Å². The summed E-state index contributed by atoms with van der Waals surface area (Å²) in [7, 11) is -4.81. The van der Waals surface area contributed by atoms with Gasteiger partial charge >= 0.3 is 0 Å². The lowest BCUT2D eigenvalue weighted by Crippen LogP contribution is -2.31. The topological polar surface area (TPSA) is 276 Å². The van der Waals surface area contributed by atoms with Crippen molar-refractivity contribution < 1.29 is 32.4 Å². The maximum atomic E-state index is 12.2. The van der Waals surface area contributed by atoms with Crippen molar-refractivity contribution in [1.29, 1.82) is 0 Å². The molecule has 0 radical (unpaired) electrons. The van der Waals surface area contributed by atoms with Gasteiger partial charge in [-0.1, -0.05) is 6.07 Å². The largest absolute Gasteiger partial charge is 0.366 e. The molecule has 0 fully saturated rings. The molecule has 0 aliphatic carbocycles. The third-order valence-electron chi connectivity index (χ3n) is 3.96. The number of benzene rings is 2. The summed E-state index contributed by atoms with van der Waals surface area (Å²) in [4.78, 5) is 58.9. The highest BCUT2D eigenvalue weighted by Crippen LogP contribution is 2.36. The smallest absolute Gasteiger partial charge is 0.250 e. The molecule has 152 valence electrons. The third kappa shape index (κ3) is 3.32. The van der Waals surface area contributed by atoms with E-state index in [2.05, 4.69) is 0 Å². The average molecular weight is 422 g/mol. The van der Waals surface area contributed by atoms with E-state index in [0.29, 0.717) is 0 Å². The molecule has 0 heterocycles. The van der Waals surface area contributed by atoms with Crippen LogP contribution < -0.4 is 33.8 Å². The van der Waals surface area contributed by atoms with Gasteiger partial charge in [-0.15, -0.1) is 0 Å². The molecule has 0 saturated heterocycles. The van der Waals surface area contributed by atoms with Gasteiger partial charge in [-0.25, -0.2) is 13.6 Å². The summed E-state index contributed by atoms with van der Waals surface area (Å²) in [5.41, 5.74) is 22.1. The first-order valence-electron chi connectivity index (χ1n) is 7.40. The van der Waals surface area contributed by atoms with Gasteiger partial charge in [0.25, 0.3) is 5.91 Å². The molecular weight excluding hydrogens is 408 g/mol. The number of nitrogens with two attached hydrogens (primary N) is 6. The van der Waals surface area contributed by atoms with E-state index in [0.717, 1.165) is 12.1 Å². The molecule has 29 heavy (non-hydrogen) atoms. The minimum atomic E-state index is -4.81. The van der Waals surface area contributed by atoms with Crippen LogP contribution in [0.4, 0.5) is 0 Å². The van der Waals surface area contributed by atoms with Crippen molar-refractivity contribution >= 4 is 50.3 Å². The first-order chi connectivity index (χ1) is 13.2. The summed E-state index contributed by atoms with van der Waals surface area (Å²) in [6.07, 6.45) is 0. The van der Waals surface area contributed by atoms with Crippen LogP contribution in [0.25, 0.3) is 10.8 Å². The standard InChI is InChI=1S/C15H14N6O7S/c16-11(22)4-2-1-3-5(6(4)12(17)23)7(13(18)24)8(14(19)25)9(15(20)26)10(3)29(21,27)28/h1-2H,(H2,16,22)(H2,17,23)(H2,18,24)(H2,19,25)(H2,20,26)(H2,21,27,28). The molecule has 13 nitrogen and oxygen atoms in total. The van der Waals surface area contributed by atoms with E-state index in [1.807, 2.05) is 0 Å². The zero-order chi connectivity index (χ0) is 22.4. The number of hydrogen-bond acceptors (Lipinski definition) is 7. The number of amides is 5. The Morgan fingerprint density at radius 3 is 1.41 bits per heavy atom. The van der Waals surface area contributed by atoms with Crippen molar-refractivity contribution in [3.8, 4) is 0 Å². The van der Waals surface area contributed by atoms with Gasteiger partial charge < -0.3 is 28.7 Å². The molecule has 12 N–H and O–H groups in total. The number of sulfonamides is 1. The molecule has 0 aromatic heterocycles. The molecular formula is C15H14N6O7S. The van der Waals surface area contributed by atoms with E-state index < -0.39 is 83.0 Å². The number of primary sulfonamides is 1. The van der Waals surface area contributed by atoms with E-state index in [1.54, 1.807) is 0 Å². The van der Waals surface area contributed by atoms with Crippen molar-refractivity contribution in [1.82, 2.24) is 0 Å². The molecule has 5 amide bonds. The van der Waals surface area contributed by atoms with Gasteiger partial charge in [-0.2, -0.15) is 0 Å². The summed E-state index contributed by atoms with van der Waals surface area (Å²) in [5, 5.41) is 3.99. The highest BCUT2D eigenvalue weighted by molar-refractivity contribution is 7.89. The quantitative estimate of drug-likeness (QED) is 0.280. The maximum absolute atomic E-state index is 12.2. The molecule has 2 aromatic carbocycles. The fourth-order valence-corrected chi connectivity index (χ4v) is 4.00. The summed E-state index contributed by atoms with van der Waals surface area (Å²) in [6, 6.07) is 1.84.